The summed E-state index contributed by atoms with van der Waals surface area (Å²) in [4.78, 5) is 22.8. The fourth-order valence-electron chi connectivity index (χ4n) is 2.23. The molecule has 2 rings (SSSR count). The third-order valence-corrected chi connectivity index (χ3v) is 4.44. The summed E-state index contributed by atoms with van der Waals surface area (Å²) in [6.45, 7) is 2.36. The topological polar surface area (TPSA) is 84.2 Å². The molecular weight excluding hydrogens is 350 g/mol. The van der Waals surface area contributed by atoms with E-state index in [0.29, 0.717) is 29.3 Å². The van der Waals surface area contributed by atoms with Crippen LogP contribution >= 0.6 is 23.4 Å². The number of carbonyl (C=O) groups is 2. The van der Waals surface area contributed by atoms with Gasteiger partial charge in [-0.2, -0.15) is 5.10 Å². The van der Waals surface area contributed by atoms with Crippen LogP contribution in [0.5, 0.6) is 0 Å². The first kappa shape index (κ1) is 18.4. The van der Waals surface area contributed by atoms with E-state index in [9.17, 15) is 9.59 Å². The Morgan fingerprint density at radius 2 is 2.21 bits per heavy atom. The van der Waals surface area contributed by atoms with Gasteiger partial charge < -0.3 is 10.4 Å². The fraction of sp³-hybridized carbons (Fsp3) is 0.312. The van der Waals surface area contributed by atoms with Crippen LogP contribution in [0.15, 0.2) is 30.5 Å². The van der Waals surface area contributed by atoms with Gasteiger partial charge in [0.25, 0.3) is 5.91 Å². The van der Waals surface area contributed by atoms with Gasteiger partial charge in [0, 0.05) is 17.3 Å². The molecule has 2 aromatic rings. The van der Waals surface area contributed by atoms with Gasteiger partial charge in [0.2, 0.25) is 0 Å². The first-order valence-corrected chi connectivity index (χ1v) is 8.96. The largest absolute Gasteiger partial charge is 0.481 e. The molecule has 128 valence electrons. The van der Waals surface area contributed by atoms with Crippen LogP contribution in [0.4, 0.5) is 0 Å². The maximum absolute atomic E-state index is 12.3. The van der Waals surface area contributed by atoms with Crippen molar-refractivity contribution in [3.05, 3.63) is 46.7 Å². The summed E-state index contributed by atoms with van der Waals surface area (Å²) in [5, 5.41) is 16.3. The lowest BCUT2D eigenvalue weighted by Crippen LogP contribution is -2.26. The molecule has 6 nitrogen and oxygen atoms in total. The molecule has 0 aliphatic rings. The number of nitrogens with one attached hydrogen (secondary N) is 1. The Morgan fingerprint density at radius 3 is 2.88 bits per heavy atom. The third-order valence-electron chi connectivity index (χ3n) is 3.26. The minimum Gasteiger partial charge on any atom is -0.481 e. The number of carboxylic acid groups (broad SMARTS) is 1. The van der Waals surface area contributed by atoms with E-state index in [-0.39, 0.29) is 11.7 Å². The number of aromatic nitrogens is 2. The number of carboxylic acids is 1. The molecular formula is C16H18ClN3O3S. The van der Waals surface area contributed by atoms with Crippen molar-refractivity contribution in [1.82, 2.24) is 15.1 Å². The lowest BCUT2D eigenvalue weighted by Gasteiger charge is -2.09. The molecule has 0 bridgehead atoms. The summed E-state index contributed by atoms with van der Waals surface area (Å²) < 4.78 is 1.71. The number of nitrogens with zero attached hydrogens (tertiary/aromatic N) is 2. The molecule has 24 heavy (non-hydrogen) atoms. The number of carbonyl (C=O) groups excluding carboxylic acids is 1. The van der Waals surface area contributed by atoms with E-state index in [1.54, 1.807) is 23.0 Å². The van der Waals surface area contributed by atoms with Gasteiger partial charge in [0.05, 0.1) is 28.9 Å². The van der Waals surface area contributed by atoms with Gasteiger partial charge in [-0.25, -0.2) is 4.68 Å². The van der Waals surface area contributed by atoms with Gasteiger partial charge in [0.1, 0.15) is 0 Å². The van der Waals surface area contributed by atoms with E-state index >= 15 is 0 Å². The highest BCUT2D eigenvalue weighted by Crippen LogP contribution is 2.19. The van der Waals surface area contributed by atoms with Crippen molar-refractivity contribution in [3.8, 4) is 5.69 Å². The standard InChI is InChI=1S/C16H18ClN3O3S/c1-2-14-13(16(23)18-6-7-24-10-15(21)22)9-19-20(14)12-5-3-4-11(17)8-12/h3-5,8-9H,2,6-7,10H2,1H3,(H,18,23)(H,21,22). The van der Waals surface area contributed by atoms with Crippen LogP contribution < -0.4 is 5.32 Å². The van der Waals surface area contributed by atoms with Gasteiger partial charge in [-0.1, -0.05) is 24.6 Å². The van der Waals surface area contributed by atoms with Crippen LogP contribution in [-0.4, -0.2) is 44.8 Å². The van der Waals surface area contributed by atoms with Gasteiger partial charge in [-0.3, -0.25) is 9.59 Å². The van der Waals surface area contributed by atoms with E-state index in [4.69, 9.17) is 16.7 Å². The zero-order valence-corrected chi connectivity index (χ0v) is 14.7. The van der Waals surface area contributed by atoms with E-state index in [2.05, 4.69) is 10.4 Å². The minimum atomic E-state index is -0.859. The fourth-order valence-corrected chi connectivity index (χ4v) is 2.98. The molecule has 0 aliphatic heterocycles. The third kappa shape index (κ3) is 4.75. The van der Waals surface area contributed by atoms with E-state index in [1.165, 1.54) is 11.8 Å². The molecule has 0 saturated heterocycles. The van der Waals surface area contributed by atoms with Gasteiger partial charge >= 0.3 is 5.97 Å². The van der Waals surface area contributed by atoms with Crippen LogP contribution in [0.2, 0.25) is 5.02 Å². The maximum atomic E-state index is 12.3. The Hall–Kier alpha value is -1.99. The van der Waals surface area contributed by atoms with Crippen molar-refractivity contribution < 1.29 is 14.7 Å². The monoisotopic (exact) mass is 367 g/mol. The molecule has 0 aliphatic carbocycles. The highest BCUT2D eigenvalue weighted by Gasteiger charge is 2.17. The number of benzene rings is 1. The highest BCUT2D eigenvalue weighted by molar-refractivity contribution is 7.99. The van der Waals surface area contributed by atoms with Crippen LogP contribution in [0, 0.1) is 0 Å². The van der Waals surface area contributed by atoms with Crippen molar-refractivity contribution in [1.29, 1.82) is 0 Å². The molecule has 1 amide bonds. The number of hydrogen-bond donors (Lipinski definition) is 2. The SMILES string of the molecule is CCc1c(C(=O)NCCSCC(=O)O)cnn1-c1cccc(Cl)c1. The predicted molar refractivity (Wildman–Crippen MR) is 95.2 cm³/mol. The summed E-state index contributed by atoms with van der Waals surface area (Å²) in [6.07, 6.45) is 2.18. The second kappa shape index (κ2) is 8.75. The molecule has 1 aromatic heterocycles. The molecule has 0 unspecified atom stereocenters. The average molecular weight is 368 g/mol. The van der Waals surface area contributed by atoms with Crippen molar-refractivity contribution in [2.45, 2.75) is 13.3 Å². The highest BCUT2D eigenvalue weighted by atomic mass is 35.5. The maximum Gasteiger partial charge on any atom is 0.313 e. The number of hydrogen-bond acceptors (Lipinski definition) is 4. The molecule has 0 saturated carbocycles. The van der Waals surface area contributed by atoms with Crippen molar-refractivity contribution >= 4 is 35.2 Å². The Balaban J connectivity index is 2.05. The quantitative estimate of drug-likeness (QED) is 0.701. The van der Waals surface area contributed by atoms with E-state index in [1.807, 2.05) is 19.1 Å². The molecule has 0 fully saturated rings. The lowest BCUT2D eigenvalue weighted by molar-refractivity contribution is -0.133. The van der Waals surface area contributed by atoms with Crippen LogP contribution in [-0.2, 0) is 11.2 Å². The van der Waals surface area contributed by atoms with Gasteiger partial charge in [-0.05, 0) is 24.6 Å². The van der Waals surface area contributed by atoms with Crippen LogP contribution in [0.3, 0.4) is 0 Å². The van der Waals surface area contributed by atoms with Crippen molar-refractivity contribution in [2.75, 3.05) is 18.1 Å². The Morgan fingerprint density at radius 1 is 1.42 bits per heavy atom. The number of aliphatic carboxylic acids is 1. The smallest absolute Gasteiger partial charge is 0.313 e. The molecule has 8 heteroatoms. The Labute approximate surface area is 149 Å². The molecule has 1 aromatic carbocycles. The molecule has 0 spiro atoms. The molecule has 0 radical (unpaired) electrons. The summed E-state index contributed by atoms with van der Waals surface area (Å²) in [5.41, 5.74) is 2.11. The van der Waals surface area contributed by atoms with E-state index < -0.39 is 5.97 Å². The molecule has 0 atom stereocenters. The molecule has 2 N–H and O–H groups in total. The first-order chi connectivity index (χ1) is 11.5. The Bertz CT molecular complexity index is 733. The second-order valence-corrected chi connectivity index (χ2v) is 6.49. The van der Waals surface area contributed by atoms with Crippen LogP contribution in [0.1, 0.15) is 23.0 Å². The number of amides is 1. The first-order valence-electron chi connectivity index (χ1n) is 7.43. The van der Waals surface area contributed by atoms with Gasteiger partial charge in [0.15, 0.2) is 0 Å². The number of thioether (sulfide) groups is 1. The number of rotatable bonds is 8. The van der Waals surface area contributed by atoms with Crippen molar-refractivity contribution in [2.24, 2.45) is 0 Å². The summed E-state index contributed by atoms with van der Waals surface area (Å²) in [7, 11) is 0. The zero-order chi connectivity index (χ0) is 17.5. The second-order valence-electron chi connectivity index (χ2n) is 4.95. The van der Waals surface area contributed by atoms with Crippen LogP contribution in [0.25, 0.3) is 5.69 Å². The summed E-state index contributed by atoms with van der Waals surface area (Å²) in [6, 6.07) is 7.28. The summed E-state index contributed by atoms with van der Waals surface area (Å²) >= 11 is 7.28. The Kier molecular flexibility index (Phi) is 6.69. The van der Waals surface area contributed by atoms with E-state index in [0.717, 1.165) is 11.4 Å². The number of halogens is 1. The normalized spacial score (nSPS) is 10.6. The summed E-state index contributed by atoms with van der Waals surface area (Å²) in [5.74, 6) is -0.497. The average Bonchev–Trinajstić information content (AvgIpc) is 2.98. The minimum absolute atomic E-state index is 0.0305. The lowest BCUT2D eigenvalue weighted by atomic mass is 10.2. The predicted octanol–water partition coefficient (Wildman–Crippen LogP) is 2.64. The van der Waals surface area contributed by atoms with Gasteiger partial charge in [-0.15, -0.1) is 11.8 Å². The van der Waals surface area contributed by atoms with Crippen molar-refractivity contribution in [3.63, 3.8) is 0 Å². The zero-order valence-electron chi connectivity index (χ0n) is 13.2. The molecule has 1 heterocycles.